The number of benzene rings is 2. The van der Waals surface area contributed by atoms with Gasteiger partial charge in [0.25, 0.3) is 0 Å². The van der Waals surface area contributed by atoms with E-state index in [9.17, 15) is 4.79 Å². The molecule has 0 saturated heterocycles. The average Bonchev–Trinajstić information content (AvgIpc) is 3.28. The standard InChI is InChI=1S/C24H25O2S/c1-17-7-6-9-21(17)24(2,3)26-23(25)19-11-13-20(14-12-19)27-16-15-18-8-4-5-10-22(18)27/h4-5,7-8,10-16,21H,6,9H2,1-3H3/q+1. The van der Waals surface area contributed by atoms with Crippen LogP contribution in [-0.4, -0.2) is 11.6 Å². The lowest BCUT2D eigenvalue weighted by Gasteiger charge is -2.32. The van der Waals surface area contributed by atoms with Crippen molar-refractivity contribution < 1.29 is 9.53 Å². The Bertz CT molecular complexity index is 1010. The molecule has 1 aromatic heterocycles. The van der Waals surface area contributed by atoms with Crippen LogP contribution in [-0.2, 0) is 4.74 Å². The van der Waals surface area contributed by atoms with Crippen LogP contribution in [0.25, 0.3) is 15.0 Å². The molecule has 4 rings (SSSR count). The van der Waals surface area contributed by atoms with Crippen molar-refractivity contribution in [3.05, 3.63) is 77.2 Å². The second-order valence-electron chi connectivity index (χ2n) is 7.77. The summed E-state index contributed by atoms with van der Waals surface area (Å²) in [4.78, 5) is 13.9. The molecule has 0 N–H and O–H groups in total. The molecule has 3 heteroatoms. The molecule has 0 fully saturated rings. The number of ether oxygens (including phenoxy) is 1. The van der Waals surface area contributed by atoms with Gasteiger partial charge in [0.1, 0.15) is 11.0 Å². The quantitative estimate of drug-likeness (QED) is 0.282. The molecule has 138 valence electrons. The van der Waals surface area contributed by atoms with Crippen LogP contribution in [0.5, 0.6) is 0 Å². The topological polar surface area (TPSA) is 26.3 Å². The summed E-state index contributed by atoms with van der Waals surface area (Å²) in [5.41, 5.74) is 1.46. The first-order valence-corrected chi connectivity index (χ1v) is 10.7. The number of hydrogen-bond donors (Lipinski definition) is 0. The van der Waals surface area contributed by atoms with Gasteiger partial charge in [-0.2, -0.15) is 0 Å². The number of esters is 1. The summed E-state index contributed by atoms with van der Waals surface area (Å²) in [5, 5.41) is 3.53. The minimum Gasteiger partial charge on any atom is -0.455 e. The minimum atomic E-state index is -0.484. The maximum Gasteiger partial charge on any atom is 0.338 e. The smallest absolute Gasteiger partial charge is 0.338 e. The number of carbonyl (C=O) groups is 1. The largest absolute Gasteiger partial charge is 0.455 e. The molecular formula is C24H25O2S+. The number of thiophene rings is 1. The van der Waals surface area contributed by atoms with E-state index in [4.69, 9.17) is 4.74 Å². The molecule has 2 unspecified atom stereocenters. The highest BCUT2D eigenvalue weighted by Crippen LogP contribution is 2.40. The van der Waals surface area contributed by atoms with Gasteiger partial charge >= 0.3 is 5.97 Å². The van der Waals surface area contributed by atoms with Crippen molar-refractivity contribution in [1.29, 1.82) is 0 Å². The van der Waals surface area contributed by atoms with Crippen LogP contribution in [0.4, 0.5) is 0 Å². The Morgan fingerprint density at radius 1 is 1.07 bits per heavy atom. The number of carbonyl (C=O) groups excluding carboxylic acids is 1. The van der Waals surface area contributed by atoms with Gasteiger partial charge in [0.2, 0.25) is 0 Å². The van der Waals surface area contributed by atoms with Gasteiger partial charge in [-0.25, -0.2) is 4.79 Å². The third-order valence-electron chi connectivity index (χ3n) is 5.55. The monoisotopic (exact) mass is 377 g/mol. The molecule has 2 aromatic carbocycles. The van der Waals surface area contributed by atoms with Crippen LogP contribution in [0.2, 0.25) is 0 Å². The molecule has 27 heavy (non-hydrogen) atoms. The predicted octanol–water partition coefficient (Wildman–Crippen LogP) is 6.87. The fraction of sp³-hybridized carbons (Fsp3) is 0.292. The zero-order chi connectivity index (χ0) is 19.0. The first-order valence-electron chi connectivity index (χ1n) is 9.46. The third kappa shape index (κ3) is 3.44. The number of rotatable bonds is 4. The predicted molar refractivity (Wildman–Crippen MR) is 114 cm³/mol. The summed E-state index contributed by atoms with van der Waals surface area (Å²) in [6.45, 7) is 6.18. The van der Waals surface area contributed by atoms with Crippen LogP contribution in [0.1, 0.15) is 44.0 Å². The second kappa shape index (κ2) is 6.97. The maximum absolute atomic E-state index is 12.7. The summed E-state index contributed by atoms with van der Waals surface area (Å²) in [6, 6.07) is 18.6. The summed E-state index contributed by atoms with van der Waals surface area (Å²) >= 11 is 0. The highest BCUT2D eigenvalue weighted by Gasteiger charge is 2.36. The first kappa shape index (κ1) is 18.0. The Balaban J connectivity index is 1.53. The summed E-state index contributed by atoms with van der Waals surface area (Å²) in [5.74, 6) is 0.0688. The lowest BCUT2D eigenvalue weighted by molar-refractivity contribution is -0.0219. The fourth-order valence-corrected chi connectivity index (χ4v) is 5.97. The van der Waals surface area contributed by atoms with Gasteiger partial charge in [-0.3, -0.25) is 0 Å². The Hall–Kier alpha value is -2.39. The Labute approximate surface area is 163 Å². The summed E-state index contributed by atoms with van der Waals surface area (Å²) in [6.07, 6.45) is 4.38. The Morgan fingerprint density at radius 2 is 1.81 bits per heavy atom. The van der Waals surface area contributed by atoms with Gasteiger partial charge in [0.05, 0.1) is 5.56 Å². The molecule has 1 aliphatic rings. The van der Waals surface area contributed by atoms with Gasteiger partial charge in [-0.15, -0.1) is 0 Å². The van der Waals surface area contributed by atoms with Gasteiger partial charge in [-0.1, -0.05) is 23.8 Å². The van der Waals surface area contributed by atoms with E-state index in [1.54, 1.807) is 0 Å². The van der Waals surface area contributed by atoms with E-state index in [2.05, 4.69) is 60.8 Å². The molecule has 0 amide bonds. The first-order chi connectivity index (χ1) is 13.0. The maximum atomic E-state index is 12.7. The molecule has 0 spiro atoms. The van der Waals surface area contributed by atoms with Gasteiger partial charge < -0.3 is 4.74 Å². The number of hydrogen-bond acceptors (Lipinski definition) is 2. The lowest BCUT2D eigenvalue weighted by atomic mass is 9.86. The highest BCUT2D eigenvalue weighted by molar-refractivity contribution is 7.43. The fourth-order valence-electron chi connectivity index (χ4n) is 4.09. The van der Waals surface area contributed by atoms with Crippen molar-refractivity contribution in [3.8, 4) is 4.90 Å². The van der Waals surface area contributed by atoms with E-state index < -0.39 is 5.60 Å². The van der Waals surface area contributed by atoms with Crippen molar-refractivity contribution in [1.82, 2.24) is 0 Å². The number of allylic oxidation sites excluding steroid dienone is 1. The second-order valence-corrected chi connectivity index (χ2v) is 9.63. The molecule has 0 saturated carbocycles. The zero-order valence-electron chi connectivity index (χ0n) is 16.1. The summed E-state index contributed by atoms with van der Waals surface area (Å²) < 4.78 is 7.25. The van der Waals surface area contributed by atoms with Crippen molar-refractivity contribution >= 4 is 26.5 Å². The zero-order valence-corrected chi connectivity index (χ0v) is 16.9. The van der Waals surface area contributed by atoms with Gasteiger partial charge in [-0.05, 0) is 70.0 Å². The van der Waals surface area contributed by atoms with Crippen molar-refractivity contribution in [2.45, 2.75) is 39.2 Å². The van der Waals surface area contributed by atoms with E-state index in [1.807, 2.05) is 26.0 Å². The molecule has 2 nitrogen and oxygen atoms in total. The van der Waals surface area contributed by atoms with Crippen LogP contribution >= 0.6 is 10.5 Å². The van der Waals surface area contributed by atoms with Gasteiger partial charge in [0.15, 0.2) is 9.60 Å². The van der Waals surface area contributed by atoms with Crippen molar-refractivity contribution in [2.24, 2.45) is 5.92 Å². The molecule has 3 aromatic rings. The molecule has 1 aliphatic carbocycles. The molecule has 2 atom stereocenters. The molecule has 0 aliphatic heterocycles. The van der Waals surface area contributed by atoms with Gasteiger partial charge in [0, 0.05) is 27.8 Å². The molecule has 1 heterocycles. The van der Waals surface area contributed by atoms with Crippen LogP contribution in [0.3, 0.4) is 0 Å². The third-order valence-corrected chi connectivity index (χ3v) is 7.58. The van der Waals surface area contributed by atoms with Crippen molar-refractivity contribution in [2.75, 3.05) is 0 Å². The SMILES string of the molecule is CC1=CCCC1C(C)(C)OC(=O)c1ccc(-[s+]2ccc3ccccc32)cc1. The van der Waals surface area contributed by atoms with E-state index in [1.165, 1.54) is 20.6 Å². The molecule has 0 bridgehead atoms. The van der Waals surface area contributed by atoms with E-state index >= 15 is 0 Å². The molecule has 0 radical (unpaired) electrons. The van der Waals surface area contributed by atoms with E-state index in [-0.39, 0.29) is 16.4 Å². The average molecular weight is 378 g/mol. The lowest BCUT2D eigenvalue weighted by Crippen LogP contribution is -2.36. The van der Waals surface area contributed by atoms with E-state index in [0.29, 0.717) is 11.5 Å². The van der Waals surface area contributed by atoms with Crippen LogP contribution in [0.15, 0.2) is 71.6 Å². The van der Waals surface area contributed by atoms with E-state index in [0.717, 1.165) is 12.8 Å². The Morgan fingerprint density at radius 3 is 2.52 bits per heavy atom. The number of fused-ring (bicyclic) bond motifs is 1. The Kier molecular flexibility index (Phi) is 4.65. The molecular weight excluding hydrogens is 352 g/mol. The van der Waals surface area contributed by atoms with Crippen LogP contribution < -0.4 is 0 Å². The minimum absolute atomic E-state index is 0.0530. The van der Waals surface area contributed by atoms with Crippen LogP contribution in [0, 0.1) is 5.92 Å². The highest BCUT2D eigenvalue weighted by atomic mass is 32.2. The normalized spacial score (nSPS) is 17.8. The summed E-state index contributed by atoms with van der Waals surface area (Å²) in [7, 11) is -0.0530. The van der Waals surface area contributed by atoms with Crippen molar-refractivity contribution in [3.63, 3.8) is 0 Å².